The Balaban J connectivity index is 1.75. The smallest absolute Gasteiger partial charge is 0.225 e. The van der Waals surface area contributed by atoms with Crippen molar-refractivity contribution in [2.45, 2.75) is 51.1 Å². The number of imidazole rings is 1. The topological polar surface area (TPSA) is 131 Å². The Morgan fingerprint density at radius 2 is 1.94 bits per heavy atom. The van der Waals surface area contributed by atoms with Crippen LogP contribution in [-0.2, 0) is 4.79 Å². The Hall–Kier alpha value is -3.41. The number of fused-ring (bicyclic) bond motifs is 1. The summed E-state index contributed by atoms with van der Waals surface area (Å²) in [6, 6.07) is 1.52. The van der Waals surface area contributed by atoms with Gasteiger partial charge in [-0.3, -0.25) is 9.36 Å². The van der Waals surface area contributed by atoms with Gasteiger partial charge in [-0.15, -0.1) is 0 Å². The maximum absolute atomic E-state index is 14.4. The fraction of sp³-hybridized carbons (Fsp3) is 0.455. The molecule has 0 saturated heterocycles. The lowest BCUT2D eigenvalue weighted by Crippen LogP contribution is -2.29. The van der Waals surface area contributed by atoms with E-state index in [1.807, 2.05) is 6.92 Å². The molecule has 2 heterocycles. The summed E-state index contributed by atoms with van der Waals surface area (Å²) in [7, 11) is 0. The van der Waals surface area contributed by atoms with Crippen molar-refractivity contribution >= 4 is 34.7 Å². The van der Waals surface area contributed by atoms with Crippen LogP contribution in [0.25, 0.3) is 11.2 Å². The summed E-state index contributed by atoms with van der Waals surface area (Å²) in [6.45, 7) is 1.81. The van der Waals surface area contributed by atoms with Gasteiger partial charge in [0, 0.05) is 12.0 Å². The van der Waals surface area contributed by atoms with Gasteiger partial charge in [-0.1, -0.05) is 6.92 Å². The SMILES string of the molecule is CC[C@@H](CO)Nc1ncc2nc(Nc3ccc(F)c(F)c3F)n(C3CCC(C(N)=O)CC3)c2n1. The molecule has 1 amide bonds. The van der Waals surface area contributed by atoms with Crippen molar-refractivity contribution in [1.29, 1.82) is 0 Å². The van der Waals surface area contributed by atoms with Crippen molar-refractivity contribution in [2.24, 2.45) is 11.7 Å². The molecule has 1 atom stereocenters. The van der Waals surface area contributed by atoms with E-state index in [0.717, 1.165) is 12.1 Å². The number of carbonyl (C=O) groups excluding carboxylic acids is 1. The summed E-state index contributed by atoms with van der Waals surface area (Å²) < 4.78 is 43.3. The lowest BCUT2D eigenvalue weighted by Gasteiger charge is -2.29. The highest BCUT2D eigenvalue weighted by Gasteiger charge is 2.29. The first-order chi connectivity index (χ1) is 16.3. The van der Waals surface area contributed by atoms with Crippen LogP contribution in [0.2, 0.25) is 0 Å². The van der Waals surface area contributed by atoms with Crippen LogP contribution in [0.1, 0.15) is 45.1 Å². The van der Waals surface area contributed by atoms with Crippen LogP contribution in [0.4, 0.5) is 30.8 Å². The number of aromatic nitrogens is 4. The average molecular weight is 477 g/mol. The van der Waals surface area contributed by atoms with Crippen molar-refractivity contribution in [3.05, 3.63) is 35.8 Å². The number of amides is 1. The van der Waals surface area contributed by atoms with Gasteiger partial charge in [0.1, 0.15) is 5.52 Å². The number of anilines is 3. The molecule has 0 radical (unpaired) electrons. The van der Waals surface area contributed by atoms with Crippen LogP contribution in [-0.4, -0.2) is 43.2 Å². The zero-order chi connectivity index (χ0) is 24.4. The Morgan fingerprint density at radius 3 is 2.59 bits per heavy atom. The first-order valence-electron chi connectivity index (χ1n) is 11.1. The predicted octanol–water partition coefficient (Wildman–Crippen LogP) is 3.39. The van der Waals surface area contributed by atoms with E-state index in [9.17, 15) is 23.1 Å². The molecule has 5 N–H and O–H groups in total. The summed E-state index contributed by atoms with van der Waals surface area (Å²) in [5.41, 5.74) is 6.03. The Bertz CT molecular complexity index is 1190. The standard InChI is InChI=1S/C22H26F3N7O2/c1-2-12(10-33)28-21-27-9-16-20(31-21)32(13-5-3-11(4-6-13)19(26)34)22(30-16)29-15-8-7-14(23)17(24)18(15)25/h7-9,11-13,33H,2-6,10H2,1H3,(H2,26,34)(H,29,30)(H,27,28,31)/t11?,12-,13?/m0/s1. The molecule has 1 aromatic carbocycles. The number of nitrogens with two attached hydrogens (primary N) is 1. The largest absolute Gasteiger partial charge is 0.394 e. The number of hydrogen-bond acceptors (Lipinski definition) is 7. The van der Waals surface area contributed by atoms with Crippen molar-refractivity contribution in [3.8, 4) is 0 Å². The Labute approximate surface area is 193 Å². The van der Waals surface area contributed by atoms with E-state index in [-0.39, 0.29) is 48.1 Å². The van der Waals surface area contributed by atoms with E-state index >= 15 is 0 Å². The first kappa shape index (κ1) is 23.7. The van der Waals surface area contributed by atoms with Crippen molar-refractivity contribution in [3.63, 3.8) is 0 Å². The molecule has 34 heavy (non-hydrogen) atoms. The number of aliphatic hydroxyl groups excluding tert-OH is 1. The number of aliphatic hydroxyl groups is 1. The second kappa shape index (κ2) is 9.84. The minimum Gasteiger partial charge on any atom is -0.394 e. The van der Waals surface area contributed by atoms with E-state index in [0.29, 0.717) is 43.3 Å². The zero-order valence-electron chi connectivity index (χ0n) is 18.6. The van der Waals surface area contributed by atoms with Gasteiger partial charge in [0.25, 0.3) is 0 Å². The summed E-state index contributed by atoms with van der Waals surface area (Å²) in [5.74, 6) is -4.35. The van der Waals surface area contributed by atoms with Gasteiger partial charge >= 0.3 is 0 Å². The highest BCUT2D eigenvalue weighted by molar-refractivity contribution is 5.78. The quantitative estimate of drug-likeness (QED) is 0.366. The molecular weight excluding hydrogens is 451 g/mol. The normalized spacial score (nSPS) is 19.2. The molecule has 12 heteroatoms. The number of benzene rings is 1. The fourth-order valence-electron chi connectivity index (χ4n) is 4.22. The number of halogens is 3. The third-order valence-corrected chi connectivity index (χ3v) is 6.23. The number of primary amides is 1. The minimum atomic E-state index is -1.59. The predicted molar refractivity (Wildman–Crippen MR) is 120 cm³/mol. The van der Waals surface area contributed by atoms with E-state index in [1.165, 1.54) is 6.20 Å². The second-order valence-electron chi connectivity index (χ2n) is 8.40. The van der Waals surface area contributed by atoms with Crippen LogP contribution in [0.5, 0.6) is 0 Å². The highest BCUT2D eigenvalue weighted by atomic mass is 19.2. The zero-order valence-corrected chi connectivity index (χ0v) is 18.6. The Morgan fingerprint density at radius 1 is 1.21 bits per heavy atom. The summed E-state index contributed by atoms with van der Waals surface area (Å²) >= 11 is 0. The summed E-state index contributed by atoms with van der Waals surface area (Å²) in [4.78, 5) is 24.9. The van der Waals surface area contributed by atoms with Crippen LogP contribution in [0.3, 0.4) is 0 Å². The van der Waals surface area contributed by atoms with E-state index < -0.39 is 17.5 Å². The van der Waals surface area contributed by atoms with E-state index in [4.69, 9.17) is 5.73 Å². The average Bonchev–Trinajstić information content (AvgIpc) is 3.20. The van der Waals surface area contributed by atoms with Crippen LogP contribution in [0.15, 0.2) is 18.3 Å². The van der Waals surface area contributed by atoms with Gasteiger partial charge in [-0.25, -0.2) is 23.1 Å². The van der Waals surface area contributed by atoms with Crippen molar-refractivity contribution in [1.82, 2.24) is 19.5 Å². The van der Waals surface area contributed by atoms with E-state index in [1.54, 1.807) is 4.57 Å². The van der Waals surface area contributed by atoms with Crippen LogP contribution >= 0.6 is 0 Å². The van der Waals surface area contributed by atoms with E-state index in [2.05, 4.69) is 25.6 Å². The molecule has 9 nitrogen and oxygen atoms in total. The third-order valence-electron chi connectivity index (χ3n) is 6.23. The number of hydrogen-bond donors (Lipinski definition) is 4. The van der Waals surface area contributed by atoms with Gasteiger partial charge in [-0.05, 0) is 44.2 Å². The molecule has 3 aromatic rings. The van der Waals surface area contributed by atoms with Crippen molar-refractivity contribution in [2.75, 3.05) is 17.2 Å². The van der Waals surface area contributed by atoms with Crippen LogP contribution < -0.4 is 16.4 Å². The molecule has 1 saturated carbocycles. The molecule has 0 unspecified atom stereocenters. The molecule has 1 aliphatic carbocycles. The van der Waals surface area contributed by atoms with Crippen LogP contribution in [0, 0.1) is 23.4 Å². The summed E-state index contributed by atoms with van der Waals surface area (Å²) in [5, 5.41) is 15.3. The number of carbonyl (C=O) groups is 1. The molecule has 0 aliphatic heterocycles. The van der Waals surface area contributed by atoms with Gasteiger partial charge in [0.2, 0.25) is 17.8 Å². The lowest BCUT2D eigenvalue weighted by atomic mass is 9.85. The fourth-order valence-corrected chi connectivity index (χ4v) is 4.22. The molecule has 4 rings (SSSR count). The maximum Gasteiger partial charge on any atom is 0.225 e. The van der Waals surface area contributed by atoms with Gasteiger partial charge in [0.05, 0.1) is 24.5 Å². The Kier molecular flexibility index (Phi) is 6.87. The monoisotopic (exact) mass is 477 g/mol. The van der Waals surface area contributed by atoms with Crippen molar-refractivity contribution < 1.29 is 23.1 Å². The lowest BCUT2D eigenvalue weighted by molar-refractivity contribution is -0.122. The number of nitrogens with one attached hydrogen (secondary N) is 2. The molecular formula is C22H26F3N7O2. The molecule has 1 aliphatic rings. The molecule has 2 aromatic heterocycles. The first-order valence-corrected chi connectivity index (χ1v) is 11.1. The summed E-state index contributed by atoms with van der Waals surface area (Å²) in [6.07, 6.45) is 4.46. The molecule has 0 bridgehead atoms. The third kappa shape index (κ3) is 4.63. The molecule has 0 spiro atoms. The number of rotatable bonds is 8. The van der Waals surface area contributed by atoms with Gasteiger partial charge < -0.3 is 21.5 Å². The number of nitrogens with zero attached hydrogens (tertiary/aromatic N) is 4. The highest BCUT2D eigenvalue weighted by Crippen LogP contribution is 2.37. The van der Waals surface area contributed by atoms with Gasteiger partial charge in [-0.2, -0.15) is 4.98 Å². The van der Waals surface area contributed by atoms with Gasteiger partial charge in [0.15, 0.2) is 23.1 Å². The molecule has 182 valence electrons. The minimum absolute atomic E-state index is 0.101. The maximum atomic E-state index is 14.4. The molecule has 1 fully saturated rings. The second-order valence-corrected chi connectivity index (χ2v) is 8.40.